The Morgan fingerprint density at radius 2 is 2.19 bits per heavy atom. The van der Waals surface area contributed by atoms with Gasteiger partial charge in [0.2, 0.25) is 0 Å². The average Bonchev–Trinajstić information content (AvgIpc) is 2.26. The third-order valence-corrected chi connectivity index (χ3v) is 2.91. The highest BCUT2D eigenvalue weighted by Gasteiger charge is 2.16. The van der Waals surface area contributed by atoms with E-state index in [4.69, 9.17) is 16.3 Å². The molecule has 0 saturated heterocycles. The van der Waals surface area contributed by atoms with E-state index in [1.165, 1.54) is 0 Å². The van der Waals surface area contributed by atoms with E-state index in [0.717, 1.165) is 43.1 Å². The number of hydrogen-bond acceptors (Lipinski definition) is 4. The quantitative estimate of drug-likeness (QED) is 0.748. The molecule has 0 fully saturated rings. The summed E-state index contributed by atoms with van der Waals surface area (Å²) in [7, 11) is 4.07. The Bertz CT molecular complexity index is 382. The first-order valence-electron chi connectivity index (χ1n) is 5.43. The third kappa shape index (κ3) is 2.70. The van der Waals surface area contributed by atoms with Crippen molar-refractivity contribution in [2.75, 3.05) is 27.2 Å². The summed E-state index contributed by atoms with van der Waals surface area (Å²) < 4.78 is 5.34. The largest absolute Gasteiger partial charge is 0.376 e. The molecule has 1 aromatic rings. The molecule has 0 aliphatic carbocycles. The molecule has 88 valence electrons. The van der Waals surface area contributed by atoms with Gasteiger partial charge >= 0.3 is 0 Å². The fourth-order valence-corrected chi connectivity index (χ4v) is 1.94. The average molecular weight is 242 g/mol. The van der Waals surface area contributed by atoms with Crippen LogP contribution in [-0.4, -0.2) is 42.1 Å². The minimum Gasteiger partial charge on any atom is -0.376 e. The maximum Gasteiger partial charge on any atom is 0.138 e. The zero-order chi connectivity index (χ0) is 11.5. The van der Waals surface area contributed by atoms with Crippen LogP contribution >= 0.6 is 11.6 Å². The van der Waals surface area contributed by atoms with Crippen molar-refractivity contribution >= 4 is 11.6 Å². The molecule has 16 heavy (non-hydrogen) atoms. The first kappa shape index (κ1) is 11.8. The number of nitrogens with zero attached hydrogens (tertiary/aromatic N) is 3. The number of aromatic nitrogens is 2. The summed E-state index contributed by atoms with van der Waals surface area (Å²) in [4.78, 5) is 11.0. The van der Waals surface area contributed by atoms with E-state index in [9.17, 15) is 0 Å². The summed E-state index contributed by atoms with van der Waals surface area (Å²) in [5, 5.41) is 0.554. The van der Waals surface area contributed by atoms with E-state index in [0.29, 0.717) is 11.8 Å². The maximum absolute atomic E-state index is 6.12. The van der Waals surface area contributed by atoms with Crippen LogP contribution in [0.25, 0.3) is 0 Å². The molecule has 0 aromatic carbocycles. The predicted molar refractivity (Wildman–Crippen MR) is 62.7 cm³/mol. The van der Waals surface area contributed by atoms with Crippen molar-refractivity contribution in [1.29, 1.82) is 0 Å². The number of rotatable bonds is 3. The van der Waals surface area contributed by atoms with Crippen molar-refractivity contribution in [2.45, 2.75) is 19.4 Å². The Morgan fingerprint density at radius 1 is 1.38 bits per heavy atom. The summed E-state index contributed by atoms with van der Waals surface area (Å²) >= 11 is 6.12. The first-order valence-corrected chi connectivity index (χ1v) is 5.81. The summed E-state index contributed by atoms with van der Waals surface area (Å²) in [6, 6.07) is 0. The standard InChI is InChI=1S/C11H16ClN3O/c1-15(2)5-3-10-13-9-4-6-16-7-8(9)11(12)14-10/h3-7H2,1-2H3. The van der Waals surface area contributed by atoms with Crippen molar-refractivity contribution in [3.05, 3.63) is 22.2 Å². The molecule has 0 amide bonds. The molecule has 0 unspecified atom stereocenters. The second-order valence-electron chi connectivity index (χ2n) is 4.21. The lowest BCUT2D eigenvalue weighted by Gasteiger charge is -2.17. The molecule has 0 atom stereocenters. The molecule has 0 spiro atoms. The molecule has 0 radical (unpaired) electrons. The van der Waals surface area contributed by atoms with Gasteiger partial charge in [0.05, 0.1) is 18.9 Å². The highest BCUT2D eigenvalue weighted by Crippen LogP contribution is 2.22. The van der Waals surface area contributed by atoms with Crippen LogP contribution in [0.2, 0.25) is 5.15 Å². The number of fused-ring (bicyclic) bond motifs is 1. The van der Waals surface area contributed by atoms with Crippen LogP contribution < -0.4 is 0 Å². The molecule has 1 aromatic heterocycles. The number of hydrogen-bond donors (Lipinski definition) is 0. The Kier molecular flexibility index (Phi) is 3.74. The van der Waals surface area contributed by atoms with E-state index in [-0.39, 0.29) is 0 Å². The number of likely N-dealkylation sites (N-methyl/N-ethyl adjacent to an activating group) is 1. The van der Waals surface area contributed by atoms with Gasteiger partial charge in [-0.2, -0.15) is 0 Å². The van der Waals surface area contributed by atoms with Gasteiger partial charge in [0, 0.05) is 24.9 Å². The minimum absolute atomic E-state index is 0.544. The SMILES string of the molecule is CN(C)CCc1nc(Cl)c2c(n1)CCOC2. The van der Waals surface area contributed by atoms with Crippen LogP contribution in [0.3, 0.4) is 0 Å². The molecular formula is C11H16ClN3O. The summed E-state index contributed by atoms with van der Waals surface area (Å²) in [5.74, 6) is 0.833. The van der Waals surface area contributed by atoms with Crippen LogP contribution in [0.5, 0.6) is 0 Å². The Morgan fingerprint density at radius 3 is 2.94 bits per heavy atom. The fraction of sp³-hybridized carbons (Fsp3) is 0.636. The minimum atomic E-state index is 0.544. The molecule has 0 N–H and O–H groups in total. The molecule has 1 aliphatic heterocycles. The van der Waals surface area contributed by atoms with Gasteiger partial charge in [-0.1, -0.05) is 11.6 Å². The van der Waals surface area contributed by atoms with Crippen molar-refractivity contribution in [2.24, 2.45) is 0 Å². The Hall–Kier alpha value is -0.710. The molecule has 1 aliphatic rings. The zero-order valence-electron chi connectivity index (χ0n) is 9.66. The summed E-state index contributed by atoms with van der Waals surface area (Å²) in [6.07, 6.45) is 1.67. The van der Waals surface area contributed by atoms with Crippen molar-refractivity contribution in [3.63, 3.8) is 0 Å². The van der Waals surface area contributed by atoms with Gasteiger partial charge in [-0.3, -0.25) is 0 Å². The molecular weight excluding hydrogens is 226 g/mol. The van der Waals surface area contributed by atoms with Gasteiger partial charge < -0.3 is 9.64 Å². The van der Waals surface area contributed by atoms with Crippen molar-refractivity contribution in [3.8, 4) is 0 Å². The van der Waals surface area contributed by atoms with E-state index in [1.54, 1.807) is 0 Å². The van der Waals surface area contributed by atoms with Crippen LogP contribution in [0, 0.1) is 0 Å². The molecule has 4 nitrogen and oxygen atoms in total. The van der Waals surface area contributed by atoms with Gasteiger partial charge in [0.25, 0.3) is 0 Å². The molecule has 0 saturated carbocycles. The van der Waals surface area contributed by atoms with Crippen LogP contribution in [0.15, 0.2) is 0 Å². The van der Waals surface area contributed by atoms with Crippen LogP contribution in [-0.2, 0) is 24.2 Å². The monoisotopic (exact) mass is 241 g/mol. The maximum atomic E-state index is 6.12. The molecule has 2 rings (SSSR count). The lowest BCUT2D eigenvalue weighted by atomic mass is 10.1. The highest BCUT2D eigenvalue weighted by molar-refractivity contribution is 6.30. The lowest BCUT2D eigenvalue weighted by Crippen LogP contribution is -2.19. The second kappa shape index (κ2) is 5.08. The molecule has 5 heteroatoms. The van der Waals surface area contributed by atoms with Gasteiger partial charge in [-0.05, 0) is 14.1 Å². The van der Waals surface area contributed by atoms with Gasteiger partial charge in [-0.15, -0.1) is 0 Å². The van der Waals surface area contributed by atoms with Crippen molar-refractivity contribution in [1.82, 2.24) is 14.9 Å². The second-order valence-corrected chi connectivity index (χ2v) is 4.57. The van der Waals surface area contributed by atoms with Crippen LogP contribution in [0.4, 0.5) is 0 Å². The Balaban J connectivity index is 2.18. The van der Waals surface area contributed by atoms with Gasteiger partial charge in [0.15, 0.2) is 0 Å². The van der Waals surface area contributed by atoms with Gasteiger partial charge in [-0.25, -0.2) is 9.97 Å². The lowest BCUT2D eigenvalue weighted by molar-refractivity contribution is 0.108. The van der Waals surface area contributed by atoms with E-state index in [1.807, 2.05) is 14.1 Å². The zero-order valence-corrected chi connectivity index (χ0v) is 10.4. The van der Waals surface area contributed by atoms with Gasteiger partial charge in [0.1, 0.15) is 11.0 Å². The third-order valence-electron chi connectivity index (χ3n) is 2.60. The van der Waals surface area contributed by atoms with Crippen LogP contribution in [0.1, 0.15) is 17.1 Å². The highest BCUT2D eigenvalue weighted by atomic mass is 35.5. The number of halogens is 1. The molecule has 2 heterocycles. The summed E-state index contributed by atoms with van der Waals surface area (Å²) in [6.45, 7) is 2.21. The topological polar surface area (TPSA) is 38.2 Å². The predicted octanol–water partition coefficient (Wildman–Crippen LogP) is 1.31. The van der Waals surface area contributed by atoms with Crippen molar-refractivity contribution < 1.29 is 4.74 Å². The Labute approximate surface area is 101 Å². The fourth-order valence-electron chi connectivity index (χ4n) is 1.68. The van der Waals surface area contributed by atoms with E-state index in [2.05, 4.69) is 14.9 Å². The number of ether oxygens (including phenoxy) is 1. The summed E-state index contributed by atoms with van der Waals surface area (Å²) in [5.41, 5.74) is 2.02. The first-order chi connectivity index (χ1) is 7.66. The smallest absolute Gasteiger partial charge is 0.138 e. The van der Waals surface area contributed by atoms with E-state index >= 15 is 0 Å². The normalized spacial score (nSPS) is 15.2. The van der Waals surface area contributed by atoms with E-state index < -0.39 is 0 Å². The molecule has 0 bridgehead atoms.